The Kier molecular flexibility index (Phi) is 4.31. The number of nitrogens with zero attached hydrogens (tertiary/aromatic N) is 4. The van der Waals surface area contributed by atoms with Crippen LogP contribution in [0.4, 0.5) is 5.82 Å². The molecule has 2 aromatic heterocycles. The molecule has 1 aliphatic heterocycles. The van der Waals surface area contributed by atoms with E-state index in [1.807, 2.05) is 28.9 Å². The van der Waals surface area contributed by atoms with Crippen molar-refractivity contribution in [2.45, 2.75) is 27.2 Å². The molecule has 5 heteroatoms. The molecule has 4 rings (SSSR count). The van der Waals surface area contributed by atoms with Crippen molar-refractivity contribution >= 4 is 11.5 Å². The van der Waals surface area contributed by atoms with Crippen molar-refractivity contribution in [3.8, 4) is 16.9 Å². The van der Waals surface area contributed by atoms with E-state index in [0.29, 0.717) is 11.8 Å². The highest BCUT2D eigenvalue weighted by Gasteiger charge is 2.25. The fraction of sp³-hybridized carbons (Fsp3) is 0.429. The van der Waals surface area contributed by atoms with Gasteiger partial charge in [0.1, 0.15) is 11.6 Å². The number of fused-ring (bicyclic) bond motifs is 1. The number of benzene rings is 1. The Morgan fingerprint density at radius 2 is 1.81 bits per heavy atom. The SMILES string of the molecule is COc1ccccc1-c1cnn2c(N3C[C@@H](C)C[C@H](C)C3)cc(C)nc12. The van der Waals surface area contributed by atoms with Crippen LogP contribution in [0.25, 0.3) is 16.8 Å². The van der Waals surface area contributed by atoms with Crippen molar-refractivity contribution in [2.75, 3.05) is 25.1 Å². The van der Waals surface area contributed by atoms with Gasteiger partial charge in [-0.1, -0.05) is 32.0 Å². The second kappa shape index (κ2) is 6.63. The standard InChI is InChI=1S/C21H26N4O/c1-14-9-15(2)13-24(12-14)20-10-16(3)23-21-18(11-22-25(20)21)17-7-5-6-8-19(17)26-4/h5-8,10-11,14-15H,9,12-13H2,1-4H3/t14-,15-/m0/s1. The van der Waals surface area contributed by atoms with Crippen LogP contribution in [-0.2, 0) is 0 Å². The Morgan fingerprint density at radius 3 is 2.54 bits per heavy atom. The third-order valence-electron chi connectivity index (χ3n) is 5.17. The summed E-state index contributed by atoms with van der Waals surface area (Å²) in [6, 6.07) is 10.2. The monoisotopic (exact) mass is 350 g/mol. The maximum Gasteiger partial charge on any atom is 0.165 e. The van der Waals surface area contributed by atoms with Gasteiger partial charge in [0.05, 0.1) is 18.9 Å². The summed E-state index contributed by atoms with van der Waals surface area (Å²) in [6.07, 6.45) is 3.19. The van der Waals surface area contributed by atoms with Crippen LogP contribution in [0, 0.1) is 18.8 Å². The first-order chi connectivity index (χ1) is 12.6. The zero-order valence-electron chi connectivity index (χ0n) is 15.9. The van der Waals surface area contributed by atoms with Crippen LogP contribution >= 0.6 is 0 Å². The lowest BCUT2D eigenvalue weighted by atomic mass is 9.92. The van der Waals surface area contributed by atoms with Gasteiger partial charge in [-0.25, -0.2) is 4.98 Å². The van der Waals surface area contributed by atoms with E-state index >= 15 is 0 Å². The zero-order valence-corrected chi connectivity index (χ0v) is 15.9. The number of ether oxygens (including phenoxy) is 1. The van der Waals surface area contributed by atoms with Crippen LogP contribution < -0.4 is 9.64 Å². The highest BCUT2D eigenvalue weighted by atomic mass is 16.5. The molecule has 0 radical (unpaired) electrons. The minimum absolute atomic E-state index is 0.687. The maximum absolute atomic E-state index is 5.55. The molecule has 1 fully saturated rings. The first kappa shape index (κ1) is 16.9. The van der Waals surface area contributed by atoms with Gasteiger partial charge in [-0.2, -0.15) is 9.61 Å². The van der Waals surface area contributed by atoms with E-state index in [2.05, 4.69) is 37.8 Å². The van der Waals surface area contributed by atoms with Crippen LogP contribution in [0.15, 0.2) is 36.5 Å². The van der Waals surface area contributed by atoms with Crippen molar-refractivity contribution < 1.29 is 4.74 Å². The topological polar surface area (TPSA) is 42.7 Å². The number of hydrogen-bond acceptors (Lipinski definition) is 4. The molecule has 2 atom stereocenters. The first-order valence-corrected chi connectivity index (χ1v) is 9.30. The van der Waals surface area contributed by atoms with Gasteiger partial charge in [0.25, 0.3) is 0 Å². The fourth-order valence-electron chi connectivity index (χ4n) is 4.20. The Labute approximate surface area is 154 Å². The smallest absolute Gasteiger partial charge is 0.165 e. The molecule has 26 heavy (non-hydrogen) atoms. The average Bonchev–Trinajstić information content (AvgIpc) is 3.03. The number of piperidine rings is 1. The molecule has 0 bridgehead atoms. The molecule has 0 spiro atoms. The van der Waals surface area contributed by atoms with Crippen LogP contribution in [-0.4, -0.2) is 34.8 Å². The molecule has 3 aromatic rings. The summed E-state index contributed by atoms with van der Waals surface area (Å²) in [4.78, 5) is 7.26. The molecule has 3 heterocycles. The van der Waals surface area contributed by atoms with Crippen LogP contribution in [0.2, 0.25) is 0 Å². The lowest BCUT2D eigenvalue weighted by molar-refractivity contribution is 0.354. The predicted octanol–water partition coefficient (Wildman–Crippen LogP) is 4.20. The Hall–Kier alpha value is -2.56. The number of rotatable bonds is 3. The summed E-state index contributed by atoms with van der Waals surface area (Å²) < 4.78 is 7.53. The van der Waals surface area contributed by atoms with E-state index in [0.717, 1.165) is 47.1 Å². The van der Waals surface area contributed by atoms with Crippen molar-refractivity contribution in [2.24, 2.45) is 11.8 Å². The number of methoxy groups -OCH3 is 1. The number of aromatic nitrogens is 3. The molecule has 0 amide bonds. The molecule has 1 aromatic carbocycles. The van der Waals surface area contributed by atoms with E-state index in [1.165, 1.54) is 6.42 Å². The quantitative estimate of drug-likeness (QED) is 0.710. The number of hydrogen-bond donors (Lipinski definition) is 0. The number of anilines is 1. The maximum atomic E-state index is 5.55. The molecule has 5 nitrogen and oxygen atoms in total. The minimum atomic E-state index is 0.687. The van der Waals surface area contributed by atoms with Crippen molar-refractivity contribution in [1.82, 2.24) is 14.6 Å². The summed E-state index contributed by atoms with van der Waals surface area (Å²) >= 11 is 0. The van der Waals surface area contributed by atoms with Crippen LogP contribution in [0.1, 0.15) is 26.0 Å². The number of para-hydroxylation sites is 1. The van der Waals surface area contributed by atoms with E-state index in [4.69, 9.17) is 14.8 Å². The summed E-state index contributed by atoms with van der Waals surface area (Å²) in [5.41, 5.74) is 3.92. The fourth-order valence-corrected chi connectivity index (χ4v) is 4.20. The molecule has 136 valence electrons. The summed E-state index contributed by atoms with van der Waals surface area (Å²) in [5.74, 6) is 3.34. The van der Waals surface area contributed by atoms with Crippen molar-refractivity contribution in [3.63, 3.8) is 0 Å². The van der Waals surface area contributed by atoms with Gasteiger partial charge in [-0.15, -0.1) is 0 Å². The highest BCUT2D eigenvalue weighted by molar-refractivity contribution is 5.82. The Balaban J connectivity index is 1.86. The van der Waals surface area contributed by atoms with E-state index in [-0.39, 0.29) is 0 Å². The predicted molar refractivity (Wildman–Crippen MR) is 105 cm³/mol. The molecule has 0 aliphatic carbocycles. The second-order valence-corrected chi connectivity index (χ2v) is 7.60. The Morgan fingerprint density at radius 1 is 1.08 bits per heavy atom. The summed E-state index contributed by atoms with van der Waals surface area (Å²) in [7, 11) is 1.70. The van der Waals surface area contributed by atoms with E-state index in [9.17, 15) is 0 Å². The number of aryl methyl sites for hydroxylation is 1. The molecular formula is C21H26N4O. The van der Waals surface area contributed by atoms with E-state index in [1.54, 1.807) is 7.11 Å². The summed E-state index contributed by atoms with van der Waals surface area (Å²) in [5, 5.41) is 4.69. The van der Waals surface area contributed by atoms with Gasteiger partial charge in [0.15, 0.2) is 5.65 Å². The second-order valence-electron chi connectivity index (χ2n) is 7.60. The highest BCUT2D eigenvalue weighted by Crippen LogP contribution is 2.34. The van der Waals surface area contributed by atoms with Gasteiger partial charge in [-0.3, -0.25) is 0 Å². The molecular weight excluding hydrogens is 324 g/mol. The van der Waals surface area contributed by atoms with Crippen LogP contribution in [0.5, 0.6) is 5.75 Å². The van der Waals surface area contributed by atoms with Gasteiger partial charge in [-0.05, 0) is 31.2 Å². The molecule has 0 saturated carbocycles. The Bertz CT molecular complexity index is 923. The zero-order chi connectivity index (χ0) is 18.3. The van der Waals surface area contributed by atoms with Gasteiger partial charge in [0.2, 0.25) is 0 Å². The molecule has 0 N–H and O–H groups in total. The molecule has 1 aliphatic rings. The minimum Gasteiger partial charge on any atom is -0.496 e. The van der Waals surface area contributed by atoms with Crippen molar-refractivity contribution in [1.29, 1.82) is 0 Å². The lowest BCUT2D eigenvalue weighted by Crippen LogP contribution is -2.39. The third-order valence-corrected chi connectivity index (χ3v) is 5.17. The third kappa shape index (κ3) is 2.91. The first-order valence-electron chi connectivity index (χ1n) is 9.30. The normalized spacial score (nSPS) is 20.5. The average molecular weight is 350 g/mol. The largest absolute Gasteiger partial charge is 0.496 e. The molecule has 1 saturated heterocycles. The van der Waals surface area contributed by atoms with Gasteiger partial charge < -0.3 is 9.64 Å². The van der Waals surface area contributed by atoms with E-state index < -0.39 is 0 Å². The molecule has 0 unspecified atom stereocenters. The van der Waals surface area contributed by atoms with Gasteiger partial charge >= 0.3 is 0 Å². The summed E-state index contributed by atoms with van der Waals surface area (Å²) in [6.45, 7) is 8.84. The lowest BCUT2D eigenvalue weighted by Gasteiger charge is -2.36. The van der Waals surface area contributed by atoms with Crippen molar-refractivity contribution in [3.05, 3.63) is 42.2 Å². The van der Waals surface area contributed by atoms with Gasteiger partial charge in [0, 0.05) is 30.4 Å². The van der Waals surface area contributed by atoms with Crippen LogP contribution in [0.3, 0.4) is 0 Å².